The van der Waals surface area contributed by atoms with Gasteiger partial charge in [-0.3, -0.25) is 0 Å². The Morgan fingerprint density at radius 3 is 2.63 bits per heavy atom. The minimum atomic E-state index is 0.0729. The third-order valence-electron chi connectivity index (χ3n) is 3.13. The van der Waals surface area contributed by atoms with Crippen molar-refractivity contribution in [3.63, 3.8) is 0 Å². The SMILES string of the molecule is COc1cc(C)c(C)cc1-c1nc(CCO)[nH]c1Br. The number of rotatable bonds is 4. The normalized spacial score (nSPS) is 10.8. The molecule has 19 heavy (non-hydrogen) atoms. The zero-order chi connectivity index (χ0) is 14.0. The summed E-state index contributed by atoms with van der Waals surface area (Å²) in [6.07, 6.45) is 0.506. The van der Waals surface area contributed by atoms with Crippen LogP contribution < -0.4 is 4.74 Å². The number of hydrogen-bond donors (Lipinski definition) is 2. The van der Waals surface area contributed by atoms with Crippen molar-refractivity contribution in [2.24, 2.45) is 0 Å². The van der Waals surface area contributed by atoms with Gasteiger partial charge in [-0.05, 0) is 53.0 Å². The molecular formula is C14H17BrN2O2. The largest absolute Gasteiger partial charge is 0.496 e. The molecule has 1 aromatic carbocycles. The molecule has 102 valence electrons. The Balaban J connectivity index is 2.54. The van der Waals surface area contributed by atoms with Crippen molar-refractivity contribution in [3.8, 4) is 17.0 Å². The van der Waals surface area contributed by atoms with Crippen LogP contribution in [0.3, 0.4) is 0 Å². The summed E-state index contributed by atoms with van der Waals surface area (Å²) in [5.41, 5.74) is 4.12. The summed E-state index contributed by atoms with van der Waals surface area (Å²) in [6.45, 7) is 4.19. The number of aromatic nitrogens is 2. The number of benzene rings is 1. The van der Waals surface area contributed by atoms with Gasteiger partial charge in [-0.25, -0.2) is 4.98 Å². The van der Waals surface area contributed by atoms with Gasteiger partial charge in [0.05, 0.1) is 13.7 Å². The molecule has 0 saturated heterocycles. The molecule has 2 N–H and O–H groups in total. The number of H-pyrrole nitrogens is 1. The molecule has 1 aromatic heterocycles. The summed E-state index contributed by atoms with van der Waals surface area (Å²) >= 11 is 3.48. The van der Waals surface area contributed by atoms with Crippen LogP contribution in [0.15, 0.2) is 16.7 Å². The van der Waals surface area contributed by atoms with Gasteiger partial charge in [0.25, 0.3) is 0 Å². The molecule has 0 aliphatic rings. The lowest BCUT2D eigenvalue weighted by Crippen LogP contribution is -1.94. The van der Waals surface area contributed by atoms with Crippen LogP contribution in [0.4, 0.5) is 0 Å². The van der Waals surface area contributed by atoms with E-state index >= 15 is 0 Å². The fourth-order valence-electron chi connectivity index (χ4n) is 1.94. The first-order chi connectivity index (χ1) is 9.06. The molecule has 0 bridgehead atoms. The molecule has 1 heterocycles. The van der Waals surface area contributed by atoms with E-state index in [1.54, 1.807) is 7.11 Å². The molecule has 0 fully saturated rings. The van der Waals surface area contributed by atoms with Crippen LogP contribution in [-0.2, 0) is 6.42 Å². The summed E-state index contributed by atoms with van der Waals surface area (Å²) < 4.78 is 6.24. The molecule has 5 heteroatoms. The van der Waals surface area contributed by atoms with Gasteiger partial charge in [-0.15, -0.1) is 0 Å². The Morgan fingerprint density at radius 2 is 2.00 bits per heavy atom. The Kier molecular flexibility index (Phi) is 4.27. The minimum Gasteiger partial charge on any atom is -0.496 e. The first kappa shape index (κ1) is 14.1. The molecule has 2 aromatic rings. The Labute approximate surface area is 121 Å². The summed E-state index contributed by atoms with van der Waals surface area (Å²) in [5.74, 6) is 1.55. The lowest BCUT2D eigenvalue weighted by Gasteiger charge is -2.10. The van der Waals surface area contributed by atoms with Gasteiger partial charge in [0.1, 0.15) is 21.9 Å². The number of nitrogens with one attached hydrogen (secondary N) is 1. The van der Waals surface area contributed by atoms with E-state index in [2.05, 4.69) is 45.8 Å². The summed E-state index contributed by atoms with van der Waals surface area (Å²) in [6, 6.07) is 4.08. The number of hydrogen-bond acceptors (Lipinski definition) is 3. The van der Waals surface area contributed by atoms with Crippen LogP contribution in [-0.4, -0.2) is 28.8 Å². The van der Waals surface area contributed by atoms with Crippen LogP contribution >= 0.6 is 15.9 Å². The predicted molar refractivity (Wildman–Crippen MR) is 78.5 cm³/mol. The van der Waals surface area contributed by atoms with Crippen LogP contribution in [0.25, 0.3) is 11.3 Å². The van der Waals surface area contributed by atoms with Gasteiger partial charge in [0.15, 0.2) is 0 Å². The van der Waals surface area contributed by atoms with E-state index in [-0.39, 0.29) is 6.61 Å². The fourth-order valence-corrected chi connectivity index (χ4v) is 2.48. The zero-order valence-electron chi connectivity index (χ0n) is 11.2. The standard InChI is InChI=1S/C14H17BrN2O2/c1-8-6-10(11(19-3)7-9(8)2)13-14(15)17-12(16-13)4-5-18/h6-7,18H,4-5H2,1-3H3,(H,16,17). The molecule has 0 atom stereocenters. The molecule has 2 rings (SSSR count). The number of halogens is 1. The Morgan fingerprint density at radius 1 is 1.32 bits per heavy atom. The quantitative estimate of drug-likeness (QED) is 0.908. The molecule has 0 radical (unpaired) electrons. The molecule has 0 unspecified atom stereocenters. The van der Waals surface area contributed by atoms with Crippen molar-refractivity contribution < 1.29 is 9.84 Å². The summed E-state index contributed by atoms with van der Waals surface area (Å²) in [4.78, 5) is 7.63. The van der Waals surface area contributed by atoms with E-state index in [0.29, 0.717) is 6.42 Å². The lowest BCUT2D eigenvalue weighted by molar-refractivity contribution is 0.297. The highest BCUT2D eigenvalue weighted by molar-refractivity contribution is 9.10. The van der Waals surface area contributed by atoms with E-state index < -0.39 is 0 Å². The lowest BCUT2D eigenvalue weighted by atomic mass is 10.0. The Bertz CT molecular complexity index is 593. The second-order valence-electron chi connectivity index (χ2n) is 4.46. The van der Waals surface area contributed by atoms with Crippen LogP contribution in [0.1, 0.15) is 17.0 Å². The summed E-state index contributed by atoms with van der Waals surface area (Å²) in [7, 11) is 1.66. The van der Waals surface area contributed by atoms with Crippen molar-refractivity contribution in [2.75, 3.05) is 13.7 Å². The van der Waals surface area contributed by atoms with Crippen molar-refractivity contribution in [1.29, 1.82) is 0 Å². The number of ether oxygens (including phenoxy) is 1. The average molecular weight is 325 g/mol. The van der Waals surface area contributed by atoms with Crippen molar-refractivity contribution in [1.82, 2.24) is 9.97 Å². The number of aryl methyl sites for hydroxylation is 2. The van der Waals surface area contributed by atoms with E-state index in [1.165, 1.54) is 11.1 Å². The molecule has 0 aliphatic heterocycles. The van der Waals surface area contributed by atoms with Gasteiger partial charge >= 0.3 is 0 Å². The van der Waals surface area contributed by atoms with Crippen LogP contribution in [0, 0.1) is 13.8 Å². The number of aromatic amines is 1. The van der Waals surface area contributed by atoms with Crippen molar-refractivity contribution >= 4 is 15.9 Å². The average Bonchev–Trinajstić information content (AvgIpc) is 2.73. The van der Waals surface area contributed by atoms with E-state index in [9.17, 15) is 0 Å². The maximum absolute atomic E-state index is 8.97. The van der Waals surface area contributed by atoms with Gasteiger partial charge < -0.3 is 14.8 Å². The molecule has 4 nitrogen and oxygen atoms in total. The molecule has 0 saturated carbocycles. The maximum atomic E-state index is 8.97. The first-order valence-electron chi connectivity index (χ1n) is 6.07. The van der Waals surface area contributed by atoms with Crippen LogP contribution in [0.2, 0.25) is 0 Å². The molecule has 0 aliphatic carbocycles. The monoisotopic (exact) mass is 324 g/mol. The second kappa shape index (κ2) is 5.75. The minimum absolute atomic E-state index is 0.0729. The fraction of sp³-hybridized carbons (Fsp3) is 0.357. The predicted octanol–water partition coefficient (Wildman–Crippen LogP) is 3.00. The number of aliphatic hydroxyl groups is 1. The van der Waals surface area contributed by atoms with Crippen molar-refractivity contribution in [2.45, 2.75) is 20.3 Å². The third kappa shape index (κ3) is 2.82. The van der Waals surface area contributed by atoms with Gasteiger partial charge in [-0.2, -0.15) is 0 Å². The van der Waals surface area contributed by atoms with Gasteiger partial charge in [-0.1, -0.05) is 0 Å². The second-order valence-corrected chi connectivity index (χ2v) is 5.25. The molecule has 0 spiro atoms. The maximum Gasteiger partial charge on any atom is 0.128 e. The molecule has 0 amide bonds. The van der Waals surface area contributed by atoms with Gasteiger partial charge in [0, 0.05) is 12.0 Å². The van der Waals surface area contributed by atoms with Crippen LogP contribution in [0.5, 0.6) is 5.75 Å². The van der Waals surface area contributed by atoms with E-state index in [4.69, 9.17) is 9.84 Å². The highest BCUT2D eigenvalue weighted by Gasteiger charge is 2.15. The highest BCUT2D eigenvalue weighted by atomic mass is 79.9. The topological polar surface area (TPSA) is 58.1 Å². The smallest absolute Gasteiger partial charge is 0.128 e. The van der Waals surface area contributed by atoms with E-state index in [1.807, 2.05) is 6.07 Å². The highest BCUT2D eigenvalue weighted by Crippen LogP contribution is 2.35. The third-order valence-corrected chi connectivity index (χ3v) is 3.70. The first-order valence-corrected chi connectivity index (χ1v) is 6.87. The number of imidazole rings is 1. The van der Waals surface area contributed by atoms with E-state index in [0.717, 1.165) is 27.4 Å². The number of methoxy groups -OCH3 is 1. The Hall–Kier alpha value is -1.33. The molecular weight excluding hydrogens is 308 g/mol. The summed E-state index contributed by atoms with van der Waals surface area (Å²) in [5, 5.41) is 8.97. The number of aliphatic hydroxyl groups excluding tert-OH is 1. The zero-order valence-corrected chi connectivity index (χ0v) is 12.8. The number of nitrogens with zero attached hydrogens (tertiary/aromatic N) is 1. The van der Waals surface area contributed by atoms with Gasteiger partial charge in [0.2, 0.25) is 0 Å². The van der Waals surface area contributed by atoms with Crippen molar-refractivity contribution in [3.05, 3.63) is 33.7 Å².